The molecule has 5 rings (SSSR count). The van der Waals surface area contributed by atoms with Crippen LogP contribution >= 0.6 is 11.6 Å². The van der Waals surface area contributed by atoms with Gasteiger partial charge in [-0.2, -0.15) is 9.65 Å². The number of halogens is 2. The van der Waals surface area contributed by atoms with Crippen molar-refractivity contribution >= 4 is 33.9 Å². The molecule has 0 aliphatic heterocycles. The smallest absolute Gasteiger partial charge is 0.213 e. The molecule has 1 saturated carbocycles. The largest absolute Gasteiger partial charge is 0.383 e. The Morgan fingerprint density at radius 2 is 2.05 bits per heavy atom. The van der Waals surface area contributed by atoms with Gasteiger partial charge in [-0.05, 0) is 43.4 Å². The highest BCUT2D eigenvalue weighted by molar-refractivity contribution is 6.35. The van der Waals surface area contributed by atoms with Crippen LogP contribution in [-0.4, -0.2) is 31.5 Å². The van der Waals surface area contributed by atoms with Crippen LogP contribution in [0.4, 0.5) is 15.8 Å². The van der Waals surface area contributed by atoms with Crippen molar-refractivity contribution in [1.82, 2.24) is 25.0 Å². The summed E-state index contributed by atoms with van der Waals surface area (Å²) in [6.07, 6.45) is 5.62. The molecular formula is C27H28ClFN8. The second-order valence-electron chi connectivity index (χ2n) is 10.7. The average Bonchev–Trinajstić information content (AvgIpc) is 3.57. The Balaban J connectivity index is 1.60. The predicted octanol–water partition coefficient (Wildman–Crippen LogP) is 6.19. The minimum Gasteiger partial charge on any atom is -0.383 e. The van der Waals surface area contributed by atoms with Crippen LogP contribution in [0.1, 0.15) is 68.2 Å². The zero-order valence-electron chi connectivity index (χ0n) is 21.2. The molecule has 3 aromatic heterocycles. The third-order valence-electron chi connectivity index (χ3n) is 6.30. The van der Waals surface area contributed by atoms with Crippen LogP contribution in [-0.2, 0) is 0 Å². The van der Waals surface area contributed by atoms with Gasteiger partial charge in [0.1, 0.15) is 11.8 Å². The summed E-state index contributed by atoms with van der Waals surface area (Å²) < 4.78 is 15.7. The van der Waals surface area contributed by atoms with Gasteiger partial charge in [0, 0.05) is 35.1 Å². The van der Waals surface area contributed by atoms with E-state index in [4.69, 9.17) is 11.6 Å². The number of anilines is 2. The van der Waals surface area contributed by atoms with Crippen molar-refractivity contribution in [3.05, 3.63) is 70.1 Å². The molecule has 2 N–H and O–H groups in total. The lowest BCUT2D eigenvalue weighted by Gasteiger charge is -2.23. The standard InChI is InChI=1S/C27H28ClFN8/c1-15-19(7-8-23(29)33-15)26(22-13-37(36-35-22)18-5-6-18)34-17-9-20-24(32-14-27(2,3)4)16(11-30)12-31-25(20)21(28)10-17/h7-10,12-13,18,26,34H,5-6,14H2,1-4H3,(H,31,32)/t26-/m0/s1. The van der Waals surface area contributed by atoms with E-state index in [1.54, 1.807) is 25.3 Å². The second-order valence-corrected chi connectivity index (χ2v) is 11.1. The number of nitriles is 1. The highest BCUT2D eigenvalue weighted by Crippen LogP contribution is 2.38. The highest BCUT2D eigenvalue weighted by atomic mass is 35.5. The molecule has 8 nitrogen and oxygen atoms in total. The minimum absolute atomic E-state index is 0.00639. The second kappa shape index (κ2) is 9.60. The summed E-state index contributed by atoms with van der Waals surface area (Å²) in [7, 11) is 0. The third kappa shape index (κ3) is 5.35. The first-order valence-electron chi connectivity index (χ1n) is 12.2. The first-order chi connectivity index (χ1) is 17.6. The van der Waals surface area contributed by atoms with Crippen LogP contribution in [0.15, 0.2) is 36.7 Å². The molecule has 37 heavy (non-hydrogen) atoms. The van der Waals surface area contributed by atoms with E-state index >= 15 is 0 Å². The number of fused-ring (bicyclic) bond motifs is 1. The van der Waals surface area contributed by atoms with Crippen LogP contribution in [0, 0.1) is 29.6 Å². The zero-order valence-corrected chi connectivity index (χ0v) is 21.9. The number of hydrogen-bond donors (Lipinski definition) is 2. The third-order valence-corrected chi connectivity index (χ3v) is 6.59. The number of aryl methyl sites for hydroxylation is 1. The van der Waals surface area contributed by atoms with Crippen molar-refractivity contribution in [3.63, 3.8) is 0 Å². The fourth-order valence-corrected chi connectivity index (χ4v) is 4.50. The van der Waals surface area contributed by atoms with Gasteiger partial charge in [-0.15, -0.1) is 5.10 Å². The molecule has 3 heterocycles. The molecule has 10 heteroatoms. The van der Waals surface area contributed by atoms with Crippen LogP contribution in [0.3, 0.4) is 0 Å². The molecule has 0 amide bonds. The molecule has 0 spiro atoms. The predicted molar refractivity (Wildman–Crippen MR) is 142 cm³/mol. The van der Waals surface area contributed by atoms with Gasteiger partial charge in [-0.3, -0.25) is 4.98 Å². The first-order valence-corrected chi connectivity index (χ1v) is 12.6. The molecule has 0 radical (unpaired) electrons. The summed E-state index contributed by atoms with van der Waals surface area (Å²) in [5.41, 5.74) is 4.42. The Morgan fingerprint density at radius 3 is 2.73 bits per heavy atom. The van der Waals surface area contributed by atoms with Gasteiger partial charge in [-0.25, -0.2) is 9.67 Å². The number of rotatable bonds is 7. The summed E-state index contributed by atoms with van der Waals surface area (Å²) in [5, 5.41) is 26.6. The molecule has 190 valence electrons. The minimum atomic E-state index is -0.542. The molecule has 1 fully saturated rings. The van der Waals surface area contributed by atoms with Crippen molar-refractivity contribution in [3.8, 4) is 6.07 Å². The summed E-state index contributed by atoms with van der Waals surface area (Å²) >= 11 is 6.69. The van der Waals surface area contributed by atoms with E-state index in [1.165, 1.54) is 6.07 Å². The monoisotopic (exact) mass is 518 g/mol. The lowest BCUT2D eigenvalue weighted by Crippen LogP contribution is -2.20. The number of nitrogens with one attached hydrogen (secondary N) is 2. The molecule has 1 aromatic carbocycles. The van der Waals surface area contributed by atoms with Crippen molar-refractivity contribution in [2.24, 2.45) is 5.41 Å². The maximum Gasteiger partial charge on any atom is 0.213 e. The number of hydrogen-bond acceptors (Lipinski definition) is 7. The van der Waals surface area contributed by atoms with Crippen molar-refractivity contribution in [1.29, 1.82) is 5.26 Å². The van der Waals surface area contributed by atoms with Gasteiger partial charge < -0.3 is 10.6 Å². The molecule has 0 bridgehead atoms. The molecule has 0 unspecified atom stereocenters. The maximum absolute atomic E-state index is 13.8. The van der Waals surface area contributed by atoms with Crippen molar-refractivity contribution < 1.29 is 4.39 Å². The lowest BCUT2D eigenvalue weighted by atomic mass is 9.96. The first kappa shape index (κ1) is 24.9. The van der Waals surface area contributed by atoms with Gasteiger partial charge in [0.2, 0.25) is 5.95 Å². The Bertz CT molecular complexity index is 1510. The fraction of sp³-hybridized carbons (Fsp3) is 0.370. The lowest BCUT2D eigenvalue weighted by molar-refractivity contribution is 0.443. The quantitative estimate of drug-likeness (QED) is 0.281. The summed E-state index contributed by atoms with van der Waals surface area (Å²) in [4.78, 5) is 8.47. The summed E-state index contributed by atoms with van der Waals surface area (Å²) in [5.74, 6) is -0.542. The van der Waals surface area contributed by atoms with Crippen LogP contribution in [0.5, 0.6) is 0 Å². The van der Waals surface area contributed by atoms with Gasteiger partial charge in [0.05, 0.1) is 40.1 Å². The van der Waals surface area contributed by atoms with E-state index in [0.717, 1.165) is 23.8 Å². The van der Waals surface area contributed by atoms with E-state index in [1.807, 2.05) is 16.9 Å². The Morgan fingerprint density at radius 1 is 1.27 bits per heavy atom. The molecule has 1 aliphatic rings. The molecule has 0 saturated heterocycles. The number of benzene rings is 1. The number of pyridine rings is 2. The molecule has 1 aliphatic carbocycles. The topological polar surface area (TPSA) is 104 Å². The zero-order chi connectivity index (χ0) is 26.3. The van der Waals surface area contributed by atoms with E-state index in [2.05, 4.69) is 57.8 Å². The molecular weight excluding hydrogens is 491 g/mol. The molecule has 1 atom stereocenters. The fourth-order valence-electron chi connectivity index (χ4n) is 4.24. The normalized spacial score (nSPS) is 14.4. The van der Waals surface area contributed by atoms with E-state index in [-0.39, 0.29) is 5.41 Å². The summed E-state index contributed by atoms with van der Waals surface area (Å²) in [6, 6.07) is 8.92. The van der Waals surface area contributed by atoms with Gasteiger partial charge >= 0.3 is 0 Å². The van der Waals surface area contributed by atoms with Crippen LogP contribution in [0.2, 0.25) is 5.02 Å². The van der Waals surface area contributed by atoms with E-state index in [0.29, 0.717) is 51.5 Å². The van der Waals surface area contributed by atoms with Gasteiger partial charge in [-0.1, -0.05) is 43.7 Å². The SMILES string of the molecule is Cc1nc(F)ccc1[C@H](Nc1cc(Cl)c2ncc(C#N)c(NCC(C)(C)C)c2c1)c1cn(C2CC2)nn1. The van der Waals surface area contributed by atoms with Crippen LogP contribution < -0.4 is 10.6 Å². The van der Waals surface area contributed by atoms with Crippen molar-refractivity contribution in [2.75, 3.05) is 17.2 Å². The number of aromatic nitrogens is 5. The number of nitrogens with zero attached hydrogens (tertiary/aromatic N) is 6. The maximum atomic E-state index is 13.8. The Hall–Kier alpha value is -3.77. The van der Waals surface area contributed by atoms with Crippen LogP contribution in [0.25, 0.3) is 10.9 Å². The van der Waals surface area contributed by atoms with E-state index < -0.39 is 12.0 Å². The van der Waals surface area contributed by atoms with E-state index in [9.17, 15) is 9.65 Å². The highest BCUT2D eigenvalue weighted by Gasteiger charge is 2.28. The Kier molecular flexibility index (Phi) is 6.46. The van der Waals surface area contributed by atoms with Crippen molar-refractivity contribution in [2.45, 2.75) is 52.6 Å². The van der Waals surface area contributed by atoms with Gasteiger partial charge in [0.15, 0.2) is 0 Å². The Labute approximate surface area is 219 Å². The average molecular weight is 519 g/mol. The molecule has 4 aromatic rings. The van der Waals surface area contributed by atoms with Gasteiger partial charge in [0.25, 0.3) is 0 Å². The summed E-state index contributed by atoms with van der Waals surface area (Å²) in [6.45, 7) is 8.78.